The van der Waals surface area contributed by atoms with Crippen LogP contribution in [0.15, 0.2) is 48.5 Å². The van der Waals surface area contributed by atoms with E-state index in [1.165, 1.54) is 81.9 Å². The van der Waals surface area contributed by atoms with Gasteiger partial charge in [-0.25, -0.2) is 0 Å². The van der Waals surface area contributed by atoms with Gasteiger partial charge in [0.15, 0.2) is 0 Å². The Morgan fingerprint density at radius 1 is 0.733 bits per heavy atom. The van der Waals surface area contributed by atoms with E-state index in [0.29, 0.717) is 12.3 Å². The highest BCUT2D eigenvalue weighted by atomic mass is 19.4. The lowest BCUT2D eigenvalue weighted by atomic mass is 9.77. The highest BCUT2D eigenvalue weighted by Crippen LogP contribution is 2.38. The Bertz CT molecular complexity index is 735. The van der Waals surface area contributed by atoms with Crippen LogP contribution in [0.4, 0.5) is 13.2 Å². The van der Waals surface area contributed by atoms with Crippen LogP contribution in [0.5, 0.6) is 0 Å². The molecule has 0 unspecified atom stereocenters. The molecule has 0 atom stereocenters. The van der Waals surface area contributed by atoms with Crippen LogP contribution in [0, 0.1) is 5.92 Å². The van der Waals surface area contributed by atoms with Crippen LogP contribution in [0.2, 0.25) is 0 Å². The number of benzene rings is 2. The molecule has 0 bridgehead atoms. The van der Waals surface area contributed by atoms with E-state index in [4.69, 9.17) is 0 Å². The Hall–Kier alpha value is -1.77. The van der Waals surface area contributed by atoms with E-state index in [0.717, 1.165) is 17.0 Å². The number of hydrogen-bond donors (Lipinski definition) is 0. The lowest BCUT2D eigenvalue weighted by molar-refractivity contribution is -0.137. The maximum Gasteiger partial charge on any atom is 0.416 e. The summed E-state index contributed by atoms with van der Waals surface area (Å²) < 4.78 is 38.1. The second-order valence-corrected chi connectivity index (χ2v) is 9.03. The van der Waals surface area contributed by atoms with Gasteiger partial charge in [-0.05, 0) is 72.8 Å². The predicted molar refractivity (Wildman–Crippen MR) is 119 cm³/mol. The molecule has 0 radical (unpaired) electrons. The Labute approximate surface area is 179 Å². The molecule has 0 heterocycles. The van der Waals surface area contributed by atoms with E-state index in [-0.39, 0.29) is 0 Å². The summed E-state index contributed by atoms with van der Waals surface area (Å²) in [5, 5.41) is 0. The van der Waals surface area contributed by atoms with Gasteiger partial charge in [0, 0.05) is 0 Å². The number of alkyl halides is 3. The summed E-state index contributed by atoms with van der Waals surface area (Å²) in [6.45, 7) is 2.27. The van der Waals surface area contributed by atoms with Crippen molar-refractivity contribution in [3.05, 3.63) is 70.8 Å². The van der Waals surface area contributed by atoms with Gasteiger partial charge in [-0.15, -0.1) is 0 Å². The van der Waals surface area contributed by atoms with E-state index in [1.54, 1.807) is 12.1 Å². The second-order valence-electron chi connectivity index (χ2n) is 9.03. The van der Waals surface area contributed by atoms with Crippen molar-refractivity contribution < 1.29 is 13.2 Å². The minimum atomic E-state index is -4.27. The molecule has 3 rings (SSSR count). The number of unbranched alkanes of at least 4 members (excludes halogenated alkanes) is 4. The molecule has 1 aliphatic rings. The van der Waals surface area contributed by atoms with Gasteiger partial charge in [-0.3, -0.25) is 0 Å². The predicted octanol–water partition coefficient (Wildman–Crippen LogP) is 8.93. The van der Waals surface area contributed by atoms with Crippen molar-refractivity contribution in [1.29, 1.82) is 0 Å². The molecule has 1 saturated carbocycles. The quantitative estimate of drug-likeness (QED) is 0.358. The van der Waals surface area contributed by atoms with Crippen LogP contribution in [-0.4, -0.2) is 0 Å². The molecule has 1 aliphatic carbocycles. The van der Waals surface area contributed by atoms with Crippen molar-refractivity contribution in [3.63, 3.8) is 0 Å². The monoisotopic (exact) mass is 416 g/mol. The van der Waals surface area contributed by atoms with E-state index in [9.17, 15) is 13.2 Å². The average Bonchev–Trinajstić information content (AvgIpc) is 2.74. The molecule has 2 aromatic carbocycles. The van der Waals surface area contributed by atoms with Crippen LogP contribution in [0.1, 0.15) is 99.3 Å². The fraction of sp³-hybridized carbons (Fsp3) is 0.556. The first kappa shape index (κ1) is 22.9. The molecule has 0 N–H and O–H groups in total. The highest BCUT2D eigenvalue weighted by Gasteiger charge is 2.29. The molecule has 0 amide bonds. The molecule has 164 valence electrons. The molecule has 0 spiro atoms. The first-order chi connectivity index (χ1) is 14.5. The van der Waals surface area contributed by atoms with Crippen molar-refractivity contribution in [2.24, 2.45) is 5.92 Å². The van der Waals surface area contributed by atoms with Crippen LogP contribution >= 0.6 is 0 Å². The van der Waals surface area contributed by atoms with Crippen molar-refractivity contribution >= 4 is 0 Å². The summed E-state index contributed by atoms with van der Waals surface area (Å²) in [6, 6.07) is 14.3. The second kappa shape index (κ2) is 11.0. The van der Waals surface area contributed by atoms with Crippen molar-refractivity contribution in [3.8, 4) is 0 Å². The summed E-state index contributed by atoms with van der Waals surface area (Å²) in [5.41, 5.74) is 2.90. The Morgan fingerprint density at radius 3 is 1.87 bits per heavy atom. The van der Waals surface area contributed by atoms with Crippen molar-refractivity contribution in [1.82, 2.24) is 0 Å². The van der Waals surface area contributed by atoms with Gasteiger partial charge in [0.2, 0.25) is 0 Å². The Balaban J connectivity index is 1.45. The molecule has 0 aliphatic heterocycles. The Morgan fingerprint density at radius 2 is 1.30 bits per heavy atom. The Kier molecular flexibility index (Phi) is 8.41. The van der Waals surface area contributed by atoms with E-state index in [1.807, 2.05) is 0 Å². The van der Waals surface area contributed by atoms with E-state index in [2.05, 4.69) is 31.2 Å². The summed E-state index contributed by atoms with van der Waals surface area (Å²) in [7, 11) is 0. The van der Waals surface area contributed by atoms with E-state index < -0.39 is 11.7 Å². The molecule has 0 aromatic heterocycles. The molecular formula is C27H35F3. The zero-order chi connectivity index (χ0) is 21.4. The maximum absolute atomic E-state index is 12.7. The van der Waals surface area contributed by atoms with Crippen LogP contribution in [0.3, 0.4) is 0 Å². The smallest absolute Gasteiger partial charge is 0.166 e. The van der Waals surface area contributed by atoms with Gasteiger partial charge >= 0.3 is 6.18 Å². The third kappa shape index (κ3) is 6.89. The topological polar surface area (TPSA) is 0 Å². The lowest BCUT2D eigenvalue weighted by Gasteiger charge is -2.29. The van der Waals surface area contributed by atoms with Gasteiger partial charge < -0.3 is 0 Å². The van der Waals surface area contributed by atoms with Crippen LogP contribution < -0.4 is 0 Å². The fourth-order valence-corrected chi connectivity index (χ4v) is 4.78. The van der Waals surface area contributed by atoms with Crippen LogP contribution in [0.25, 0.3) is 0 Å². The highest BCUT2D eigenvalue weighted by molar-refractivity contribution is 5.32. The van der Waals surface area contributed by atoms with Crippen molar-refractivity contribution in [2.75, 3.05) is 0 Å². The molecule has 1 fully saturated rings. The summed E-state index contributed by atoms with van der Waals surface area (Å²) in [4.78, 5) is 0. The molecule has 0 nitrogen and oxygen atoms in total. The van der Waals surface area contributed by atoms with Gasteiger partial charge in [-0.2, -0.15) is 13.2 Å². The first-order valence-electron chi connectivity index (χ1n) is 11.7. The number of rotatable bonds is 9. The maximum atomic E-state index is 12.7. The molecular weight excluding hydrogens is 381 g/mol. The average molecular weight is 417 g/mol. The number of hydrogen-bond acceptors (Lipinski definition) is 0. The molecule has 2 aromatic rings. The zero-order valence-electron chi connectivity index (χ0n) is 18.2. The normalized spacial score (nSPS) is 19.7. The fourth-order valence-electron chi connectivity index (χ4n) is 4.78. The SMILES string of the molecule is CCCCCCCC1CCC(c2ccc(Cc3ccc(C(F)(F)F)cc3)cc2)CC1. The summed E-state index contributed by atoms with van der Waals surface area (Å²) >= 11 is 0. The van der Waals surface area contributed by atoms with E-state index >= 15 is 0 Å². The minimum absolute atomic E-state index is 0.585. The zero-order valence-corrected chi connectivity index (χ0v) is 18.2. The summed E-state index contributed by atoms with van der Waals surface area (Å²) in [6.07, 6.45) is 9.97. The summed E-state index contributed by atoms with van der Waals surface area (Å²) in [5.74, 6) is 1.59. The standard InChI is InChI=1S/C27H35F3/c1-2-3-4-5-6-7-21-8-14-24(15-9-21)25-16-10-22(11-17-25)20-23-12-18-26(19-13-23)27(28,29)30/h10-13,16-19,21,24H,2-9,14-15,20H2,1H3. The third-order valence-corrected chi connectivity index (χ3v) is 6.70. The first-order valence-corrected chi connectivity index (χ1v) is 11.7. The van der Waals surface area contributed by atoms with Gasteiger partial charge in [-0.1, -0.05) is 81.8 Å². The number of halogens is 3. The van der Waals surface area contributed by atoms with Crippen LogP contribution in [-0.2, 0) is 12.6 Å². The lowest BCUT2D eigenvalue weighted by Crippen LogP contribution is -2.13. The van der Waals surface area contributed by atoms with Gasteiger partial charge in [0.1, 0.15) is 0 Å². The molecule has 0 saturated heterocycles. The molecule has 3 heteroatoms. The van der Waals surface area contributed by atoms with Gasteiger partial charge in [0.25, 0.3) is 0 Å². The van der Waals surface area contributed by atoms with Crippen molar-refractivity contribution in [2.45, 2.75) is 89.6 Å². The minimum Gasteiger partial charge on any atom is -0.166 e. The third-order valence-electron chi connectivity index (χ3n) is 6.70. The van der Waals surface area contributed by atoms with Gasteiger partial charge in [0.05, 0.1) is 5.56 Å². The largest absolute Gasteiger partial charge is 0.416 e. The molecule has 30 heavy (non-hydrogen) atoms.